The molecule has 3 aliphatic heterocycles. The summed E-state index contributed by atoms with van der Waals surface area (Å²) >= 11 is 0. The van der Waals surface area contributed by atoms with Crippen LogP contribution in [0.25, 0.3) is 0 Å². The molecule has 0 aliphatic carbocycles. The minimum absolute atomic E-state index is 0.202. The van der Waals surface area contributed by atoms with E-state index in [2.05, 4.69) is 14.9 Å². The summed E-state index contributed by atoms with van der Waals surface area (Å²) in [5, 5.41) is 15.3. The Hall–Kier alpha value is -1.30. The Balaban J connectivity index is 1.93. The second-order valence-electron chi connectivity index (χ2n) is 4.59. The van der Waals surface area contributed by atoms with Gasteiger partial charge in [0, 0.05) is 26.2 Å². The molecule has 0 N–H and O–H groups in total. The van der Waals surface area contributed by atoms with Crippen molar-refractivity contribution in [1.82, 2.24) is 14.9 Å². The maximum absolute atomic E-state index is 11.1. The van der Waals surface area contributed by atoms with Gasteiger partial charge in [-0.05, 0) is 19.3 Å². The molecule has 0 bridgehead atoms. The fraction of sp³-hybridized carbons (Fsp3) is 0.800. The fourth-order valence-electron chi connectivity index (χ4n) is 2.88. The average molecular weight is 224 g/mol. The van der Waals surface area contributed by atoms with E-state index in [0.717, 1.165) is 51.3 Å². The van der Waals surface area contributed by atoms with Crippen molar-refractivity contribution in [2.24, 2.45) is 0 Å². The molecule has 0 unspecified atom stereocenters. The summed E-state index contributed by atoms with van der Waals surface area (Å²) in [6.45, 7) is 4.31. The van der Waals surface area contributed by atoms with Gasteiger partial charge < -0.3 is 4.90 Å². The number of fused-ring (bicyclic) bond motifs is 1. The highest BCUT2D eigenvalue weighted by molar-refractivity contribution is 5.15. The van der Waals surface area contributed by atoms with Gasteiger partial charge in [-0.2, -0.15) is 0 Å². The Kier molecular flexibility index (Phi) is 2.24. The number of hydrogen-bond donors (Lipinski definition) is 0. The lowest BCUT2D eigenvalue weighted by molar-refractivity contribution is -0.427. The molecule has 2 fully saturated rings. The topological polar surface area (TPSA) is 52.9 Å². The zero-order valence-electron chi connectivity index (χ0n) is 9.26. The molecule has 16 heavy (non-hydrogen) atoms. The van der Waals surface area contributed by atoms with Crippen LogP contribution < -0.4 is 0 Å². The van der Waals surface area contributed by atoms with Gasteiger partial charge >= 0.3 is 5.70 Å². The minimum Gasteiger partial charge on any atom is -0.352 e. The van der Waals surface area contributed by atoms with Crippen LogP contribution in [0.4, 0.5) is 0 Å². The highest BCUT2D eigenvalue weighted by atomic mass is 16.6. The Morgan fingerprint density at radius 1 is 1.06 bits per heavy atom. The van der Waals surface area contributed by atoms with Crippen LogP contribution in [-0.2, 0) is 0 Å². The average Bonchev–Trinajstić information content (AvgIpc) is 2.92. The van der Waals surface area contributed by atoms with Gasteiger partial charge in [0.15, 0.2) is 5.82 Å². The largest absolute Gasteiger partial charge is 0.352 e. The van der Waals surface area contributed by atoms with Gasteiger partial charge in [0.2, 0.25) is 0 Å². The number of nitrogens with zero attached hydrogens (tertiary/aromatic N) is 4. The molecule has 3 rings (SSSR count). The molecule has 6 heteroatoms. The van der Waals surface area contributed by atoms with E-state index in [1.165, 1.54) is 0 Å². The lowest BCUT2D eigenvalue weighted by Crippen LogP contribution is -2.36. The van der Waals surface area contributed by atoms with Crippen molar-refractivity contribution in [2.75, 3.05) is 32.7 Å². The molecule has 3 aliphatic rings. The monoisotopic (exact) mass is 224 g/mol. The van der Waals surface area contributed by atoms with E-state index in [1.807, 2.05) is 0 Å². The number of hydrazine groups is 1. The standard InChI is InChI=1S/C10H16N4O2/c15-14(16)9-8-12-6-3-7-13(12)10(9)11-4-1-2-5-11/h1-8H2. The van der Waals surface area contributed by atoms with Crippen molar-refractivity contribution in [3.63, 3.8) is 0 Å². The summed E-state index contributed by atoms with van der Waals surface area (Å²) < 4.78 is 0. The van der Waals surface area contributed by atoms with Crippen molar-refractivity contribution in [3.8, 4) is 0 Å². The normalized spacial score (nSPS) is 25.8. The first-order chi connectivity index (χ1) is 7.77. The predicted molar refractivity (Wildman–Crippen MR) is 57.7 cm³/mol. The molecular weight excluding hydrogens is 208 g/mol. The first-order valence-corrected chi connectivity index (χ1v) is 5.92. The van der Waals surface area contributed by atoms with Crippen molar-refractivity contribution in [3.05, 3.63) is 21.6 Å². The molecule has 0 radical (unpaired) electrons. The zero-order valence-corrected chi connectivity index (χ0v) is 9.26. The number of likely N-dealkylation sites (tertiary alicyclic amines) is 1. The Morgan fingerprint density at radius 3 is 2.50 bits per heavy atom. The summed E-state index contributed by atoms with van der Waals surface area (Å²) in [5.41, 5.74) is 0.390. The molecule has 0 saturated carbocycles. The third-order valence-electron chi connectivity index (χ3n) is 3.59. The lowest BCUT2D eigenvalue weighted by Gasteiger charge is -2.28. The minimum atomic E-state index is -0.202. The number of hydrogen-bond acceptors (Lipinski definition) is 5. The van der Waals surface area contributed by atoms with Crippen LogP contribution in [0, 0.1) is 10.1 Å². The molecule has 0 amide bonds. The first-order valence-electron chi connectivity index (χ1n) is 5.92. The van der Waals surface area contributed by atoms with Gasteiger partial charge in [0.05, 0.1) is 4.92 Å². The van der Waals surface area contributed by atoms with Crippen LogP contribution in [0.3, 0.4) is 0 Å². The van der Waals surface area contributed by atoms with Crippen LogP contribution in [0.1, 0.15) is 19.3 Å². The van der Waals surface area contributed by atoms with Gasteiger partial charge in [0.1, 0.15) is 6.54 Å². The third kappa shape index (κ3) is 1.36. The van der Waals surface area contributed by atoms with Crippen LogP contribution in [-0.4, -0.2) is 52.6 Å². The molecule has 3 heterocycles. The summed E-state index contributed by atoms with van der Waals surface area (Å²) in [6, 6.07) is 0. The summed E-state index contributed by atoms with van der Waals surface area (Å²) in [4.78, 5) is 13.0. The Bertz CT molecular complexity index is 349. The third-order valence-corrected chi connectivity index (χ3v) is 3.59. The molecule has 2 saturated heterocycles. The van der Waals surface area contributed by atoms with Crippen LogP contribution >= 0.6 is 0 Å². The second kappa shape index (κ2) is 3.62. The number of rotatable bonds is 2. The highest BCUT2D eigenvalue weighted by Crippen LogP contribution is 2.32. The van der Waals surface area contributed by atoms with Crippen molar-refractivity contribution in [2.45, 2.75) is 19.3 Å². The lowest BCUT2D eigenvalue weighted by atomic mass is 10.3. The Labute approximate surface area is 94.2 Å². The van der Waals surface area contributed by atoms with E-state index >= 15 is 0 Å². The first kappa shape index (κ1) is 9.89. The van der Waals surface area contributed by atoms with E-state index in [1.54, 1.807) is 0 Å². The van der Waals surface area contributed by atoms with E-state index in [-0.39, 0.29) is 4.92 Å². The van der Waals surface area contributed by atoms with Gasteiger partial charge in [-0.3, -0.25) is 15.1 Å². The predicted octanol–water partition coefficient (Wildman–Crippen LogP) is 0.464. The summed E-state index contributed by atoms with van der Waals surface area (Å²) in [7, 11) is 0. The molecule has 0 aromatic rings. The zero-order chi connectivity index (χ0) is 11.1. The van der Waals surface area contributed by atoms with Crippen LogP contribution in [0.5, 0.6) is 0 Å². The fourth-order valence-corrected chi connectivity index (χ4v) is 2.88. The molecule has 0 spiro atoms. The van der Waals surface area contributed by atoms with Crippen LogP contribution in [0.15, 0.2) is 11.5 Å². The van der Waals surface area contributed by atoms with Crippen molar-refractivity contribution >= 4 is 0 Å². The maximum Gasteiger partial charge on any atom is 0.303 e. The number of nitro groups is 1. The molecule has 6 nitrogen and oxygen atoms in total. The summed E-state index contributed by atoms with van der Waals surface area (Å²) in [5.74, 6) is 0.875. The Morgan fingerprint density at radius 2 is 1.81 bits per heavy atom. The van der Waals surface area contributed by atoms with Gasteiger partial charge in [0.25, 0.3) is 0 Å². The highest BCUT2D eigenvalue weighted by Gasteiger charge is 2.42. The summed E-state index contributed by atoms with van der Waals surface area (Å²) in [6.07, 6.45) is 3.42. The van der Waals surface area contributed by atoms with Crippen molar-refractivity contribution < 1.29 is 4.92 Å². The van der Waals surface area contributed by atoms with Crippen molar-refractivity contribution in [1.29, 1.82) is 0 Å². The van der Waals surface area contributed by atoms with E-state index in [9.17, 15) is 10.1 Å². The maximum atomic E-state index is 11.1. The second-order valence-corrected chi connectivity index (χ2v) is 4.59. The molecule has 0 aromatic heterocycles. The molecule has 0 atom stereocenters. The van der Waals surface area contributed by atoms with Gasteiger partial charge in [-0.15, -0.1) is 0 Å². The molecular formula is C10H16N4O2. The SMILES string of the molecule is O=[N+]([O-])C1=C(N2CCCC2)N2CCCN2C1. The van der Waals surface area contributed by atoms with E-state index < -0.39 is 0 Å². The van der Waals surface area contributed by atoms with E-state index in [0.29, 0.717) is 12.2 Å². The quantitative estimate of drug-likeness (QED) is 0.504. The van der Waals surface area contributed by atoms with Gasteiger partial charge in [-0.1, -0.05) is 0 Å². The van der Waals surface area contributed by atoms with Crippen LogP contribution in [0.2, 0.25) is 0 Å². The molecule has 0 aromatic carbocycles. The molecule has 88 valence electrons. The van der Waals surface area contributed by atoms with Gasteiger partial charge in [-0.25, -0.2) is 5.01 Å². The smallest absolute Gasteiger partial charge is 0.303 e. The van der Waals surface area contributed by atoms with E-state index in [4.69, 9.17) is 0 Å².